The standard InChI is InChI=1S/C77H138N10O11Si/c1-31-57-43-66(90)68(69(98-99(29,30)77(18,19)20)53(14)35-37-80(21)46-58-34-32-33-36-78-58)87(28)71(52(12)13)86(27)67(91)44-59(38-47(2)3)82(23)76(97)63(41-50(8)9)85(26)72(93)55(16)79-70(92)54(15)42-64(88)61(39-48(4)5)84(25)75(96)60(51(10)11)45-65(89)62(40-49(6)7)83(24)73(94)56(17)81(22)74(57)95/h32-34,36,47-57,59-63,68-69,71H,31,35,37-46H2,1-30H3,(H,79,92)/t53-,54+,55+,56-,57+,59-,60-,61-,62+,63-,68+,69-,71+/m1/s1. The van der Waals surface area contributed by atoms with Crippen LogP contribution in [0.15, 0.2) is 24.4 Å². The molecule has 0 radical (unpaired) electrons. The predicted octanol–water partition coefficient (Wildman–Crippen LogP) is 10.7. The second-order valence-electron chi connectivity index (χ2n) is 33.4. The van der Waals surface area contributed by atoms with Gasteiger partial charge >= 0.3 is 0 Å². The fourth-order valence-electron chi connectivity index (χ4n) is 13.7. The number of pyridine rings is 1. The first-order valence-electron chi connectivity index (χ1n) is 37.0. The van der Waals surface area contributed by atoms with Gasteiger partial charge in [0.1, 0.15) is 18.1 Å². The molecule has 566 valence electrons. The molecule has 13 atom stereocenters. The lowest BCUT2D eigenvalue weighted by Gasteiger charge is -2.49. The van der Waals surface area contributed by atoms with Crippen LogP contribution in [0, 0.1) is 59.2 Å². The Kier molecular flexibility index (Phi) is 36.1. The molecule has 1 N–H and O–H groups in total. The van der Waals surface area contributed by atoms with Crippen LogP contribution in [0.1, 0.15) is 208 Å². The van der Waals surface area contributed by atoms with Crippen molar-refractivity contribution in [1.29, 1.82) is 0 Å². The SMILES string of the molecule is CC[C@H]1CC(=O)[C@@H]([C@H](O[Si](C)(C)C(C)(C)C)[C@H](C)CCN(C)Cc2ccccn2)N(C)[C@@H](C(C)C)N(C)C(=O)C[C@@H](CC(C)C)N(C)C(=O)[C@@H](CC(C)C)N(C)C(=O)[C@H](C)NC(=O)[C@@H](C)CC(=O)[C@@H](CC(C)C)N(C)C(=O)[C@@H](C(C)C)CC(=O)[C@H](CC(C)C)N(C)C(=O)[C@@H](C)N(C)C1=O. The molecule has 1 aliphatic heterocycles. The Morgan fingerprint density at radius 3 is 1.57 bits per heavy atom. The molecular weight excluding hydrogens is 1270 g/mol. The number of ketones is 3. The predicted molar refractivity (Wildman–Crippen MR) is 398 cm³/mol. The average Bonchev–Trinajstić information content (AvgIpc) is 0.796. The van der Waals surface area contributed by atoms with Crippen LogP contribution in [0.5, 0.6) is 0 Å². The summed E-state index contributed by atoms with van der Waals surface area (Å²) in [6.07, 6.45) is 1.58. The van der Waals surface area contributed by atoms with E-state index in [4.69, 9.17) is 4.43 Å². The van der Waals surface area contributed by atoms with E-state index in [1.807, 2.05) is 127 Å². The molecule has 0 aliphatic carbocycles. The van der Waals surface area contributed by atoms with E-state index in [9.17, 15) is 28.8 Å². The number of carbonyl (C=O) groups is 10. The first-order chi connectivity index (χ1) is 45.6. The van der Waals surface area contributed by atoms with Crippen molar-refractivity contribution in [1.82, 2.24) is 49.5 Å². The number of Topliss-reactive ketones (excluding diaryl/α,β-unsaturated/α-hetero) is 3. The summed E-state index contributed by atoms with van der Waals surface area (Å²) in [7, 11) is 10.8. The van der Waals surface area contributed by atoms with Crippen LogP contribution in [0.25, 0.3) is 0 Å². The summed E-state index contributed by atoms with van der Waals surface area (Å²) >= 11 is 0. The van der Waals surface area contributed by atoms with Gasteiger partial charge in [-0.15, -0.1) is 0 Å². The molecule has 1 aromatic heterocycles. The van der Waals surface area contributed by atoms with Gasteiger partial charge in [-0.25, -0.2) is 0 Å². The van der Waals surface area contributed by atoms with Crippen molar-refractivity contribution >= 4 is 67.0 Å². The van der Waals surface area contributed by atoms with E-state index < -0.39 is 110 Å². The third-order valence-electron chi connectivity index (χ3n) is 21.2. The van der Waals surface area contributed by atoms with Crippen LogP contribution in [0.2, 0.25) is 18.1 Å². The molecule has 0 bridgehead atoms. The van der Waals surface area contributed by atoms with Gasteiger partial charge in [-0.3, -0.25) is 57.8 Å². The molecule has 1 aliphatic rings. The Balaban J connectivity index is 3.16. The minimum atomic E-state index is -2.75. The van der Waals surface area contributed by atoms with Crippen LogP contribution < -0.4 is 5.32 Å². The van der Waals surface area contributed by atoms with Gasteiger partial charge in [0.05, 0.1) is 36.1 Å². The lowest BCUT2D eigenvalue weighted by molar-refractivity contribution is -0.152. The lowest BCUT2D eigenvalue weighted by atomic mass is 9.84. The minimum absolute atomic E-state index is 0.0275. The zero-order valence-corrected chi connectivity index (χ0v) is 68.3. The van der Waals surface area contributed by atoms with Crippen LogP contribution in [-0.4, -0.2) is 229 Å². The van der Waals surface area contributed by atoms with Gasteiger partial charge in [0.25, 0.3) is 0 Å². The van der Waals surface area contributed by atoms with Gasteiger partial charge in [-0.05, 0) is 145 Å². The maximum atomic E-state index is 16.3. The third kappa shape index (κ3) is 25.8. The fraction of sp³-hybridized carbons (Fsp3) is 0.805. The van der Waals surface area contributed by atoms with E-state index in [0.29, 0.717) is 25.9 Å². The molecule has 1 aromatic rings. The Morgan fingerprint density at radius 2 is 1.09 bits per heavy atom. The normalized spacial score (nSPS) is 26.3. The Labute approximate surface area is 600 Å². The van der Waals surface area contributed by atoms with E-state index in [-0.39, 0.29) is 127 Å². The smallest absolute Gasteiger partial charge is 0.245 e. The summed E-state index contributed by atoms with van der Waals surface area (Å²) in [5.74, 6) is -7.88. The molecule has 99 heavy (non-hydrogen) atoms. The monoisotopic (exact) mass is 1410 g/mol. The van der Waals surface area contributed by atoms with Crippen molar-refractivity contribution in [3.63, 3.8) is 0 Å². The van der Waals surface area contributed by atoms with Crippen molar-refractivity contribution in [3.05, 3.63) is 30.1 Å². The summed E-state index contributed by atoms with van der Waals surface area (Å²) in [6, 6.07) is -0.961. The Bertz CT molecular complexity index is 2810. The van der Waals surface area contributed by atoms with E-state index >= 15 is 19.2 Å². The number of likely N-dealkylation sites (N-methyl/N-ethyl adjacent to an activating group) is 6. The van der Waals surface area contributed by atoms with Crippen LogP contribution >= 0.6 is 0 Å². The molecule has 22 heteroatoms. The van der Waals surface area contributed by atoms with Crippen molar-refractivity contribution in [3.8, 4) is 0 Å². The van der Waals surface area contributed by atoms with Gasteiger partial charge < -0.3 is 44.0 Å². The Morgan fingerprint density at radius 1 is 0.586 bits per heavy atom. The summed E-state index contributed by atoms with van der Waals surface area (Å²) in [5, 5.41) is 2.52. The molecule has 2 rings (SSSR count). The van der Waals surface area contributed by atoms with Crippen LogP contribution in [0.3, 0.4) is 0 Å². The molecule has 1 saturated heterocycles. The molecule has 0 spiro atoms. The van der Waals surface area contributed by atoms with Gasteiger partial charge in [-0.1, -0.05) is 131 Å². The first-order valence-corrected chi connectivity index (χ1v) is 39.9. The molecule has 7 amide bonds. The highest BCUT2D eigenvalue weighted by atomic mass is 28.4. The average molecular weight is 1410 g/mol. The van der Waals surface area contributed by atoms with Gasteiger partial charge in [0, 0.05) is 105 Å². The van der Waals surface area contributed by atoms with Crippen molar-refractivity contribution < 1.29 is 52.4 Å². The number of carbonyl (C=O) groups excluding carboxylic acids is 10. The van der Waals surface area contributed by atoms with Crippen molar-refractivity contribution in [2.24, 2.45) is 59.2 Å². The van der Waals surface area contributed by atoms with Crippen LogP contribution in [-0.2, 0) is 58.9 Å². The number of hydrogen-bond donors (Lipinski definition) is 1. The summed E-state index contributed by atoms with van der Waals surface area (Å²) < 4.78 is 7.61. The summed E-state index contributed by atoms with van der Waals surface area (Å²) in [5.41, 5.74) is 0.914. The second kappa shape index (κ2) is 39.8. The summed E-state index contributed by atoms with van der Waals surface area (Å²) in [6.45, 7) is 44.2. The van der Waals surface area contributed by atoms with Crippen molar-refractivity contribution in [2.75, 3.05) is 62.9 Å². The topological polar surface area (TPSA) is 231 Å². The number of hydrogen-bond acceptors (Lipinski definition) is 14. The van der Waals surface area contributed by atoms with E-state index in [0.717, 1.165) is 5.69 Å². The molecule has 0 aromatic carbocycles. The zero-order valence-electron chi connectivity index (χ0n) is 67.3. The zero-order chi connectivity index (χ0) is 76.4. The first kappa shape index (κ1) is 89.6. The lowest BCUT2D eigenvalue weighted by Crippen LogP contribution is -2.63. The Hall–Kier alpha value is -5.45. The van der Waals surface area contributed by atoms with Gasteiger partial charge in [-0.2, -0.15) is 0 Å². The highest BCUT2D eigenvalue weighted by molar-refractivity contribution is 6.74. The van der Waals surface area contributed by atoms with Gasteiger partial charge in [0.15, 0.2) is 25.7 Å². The third-order valence-corrected chi connectivity index (χ3v) is 25.7. The molecule has 21 nitrogen and oxygen atoms in total. The molecule has 0 unspecified atom stereocenters. The van der Waals surface area contributed by atoms with E-state index in [1.165, 1.54) is 19.6 Å². The quantitative estimate of drug-likeness (QED) is 0.120. The largest absolute Gasteiger partial charge is 0.412 e. The number of amides is 7. The maximum absolute atomic E-state index is 16.3. The molecule has 0 saturated carbocycles. The number of nitrogens with zero attached hydrogens (tertiary/aromatic N) is 9. The number of aromatic nitrogens is 1. The fourth-order valence-corrected chi connectivity index (χ4v) is 15.1. The van der Waals surface area contributed by atoms with Gasteiger partial charge in [0.2, 0.25) is 41.4 Å². The van der Waals surface area contributed by atoms with Crippen LogP contribution in [0.4, 0.5) is 0 Å². The number of nitrogens with one attached hydrogen (secondary N) is 1. The summed E-state index contributed by atoms with van der Waals surface area (Å²) in [4.78, 5) is 168. The second-order valence-corrected chi connectivity index (χ2v) is 38.1. The maximum Gasteiger partial charge on any atom is 0.245 e. The molecular formula is C77H138N10O11Si. The molecule has 1 fully saturated rings. The molecule has 2 heterocycles. The van der Waals surface area contributed by atoms with Crippen molar-refractivity contribution in [2.45, 2.75) is 282 Å². The highest BCUT2D eigenvalue weighted by Gasteiger charge is 2.49. The number of rotatable bonds is 20. The highest BCUT2D eigenvalue weighted by Crippen LogP contribution is 2.41. The van der Waals surface area contributed by atoms with E-state index in [2.05, 4.69) is 56.0 Å². The minimum Gasteiger partial charge on any atom is -0.412 e. The van der Waals surface area contributed by atoms with E-state index in [1.54, 1.807) is 79.1 Å².